The molecule has 0 amide bonds. The quantitative estimate of drug-likeness (QED) is 0.144. The molecule has 0 bridgehead atoms. The Morgan fingerprint density at radius 3 is 1.68 bits per heavy atom. The van der Waals surface area contributed by atoms with Gasteiger partial charge in [-0.05, 0) is 6.42 Å². The van der Waals surface area contributed by atoms with E-state index in [0.717, 1.165) is 19.3 Å². The molecule has 0 heterocycles. The van der Waals surface area contributed by atoms with E-state index in [1.807, 2.05) is 0 Å². The molecule has 0 unspecified atom stereocenters. The zero-order chi connectivity index (χ0) is 18.8. The number of aliphatic hydroxyl groups excluding tert-OH is 3. The fraction of sp³-hybridized carbons (Fsp3) is 0.933. The predicted octanol–water partition coefficient (Wildman–Crippen LogP) is -1.75. The standard InChI is InChI=1S/C12H24O5S.C3H8O3.Na/c1-2-3-4-5-6-7-8-9-10-11-12(13)17-18(14,15)16;4-1-3(6)2-5;/h2-11H2,1H3,(H,14,15,16);3-6H,1-2H2;/q;;+1/p-1. The molecule has 0 rings (SSSR count). The van der Waals surface area contributed by atoms with Gasteiger partial charge in [0.05, 0.1) is 13.2 Å². The minimum absolute atomic E-state index is 0. The molecule has 0 atom stereocenters. The topological polar surface area (TPSA) is 144 Å². The van der Waals surface area contributed by atoms with Crippen molar-refractivity contribution in [2.45, 2.75) is 77.2 Å². The molecule has 146 valence electrons. The van der Waals surface area contributed by atoms with E-state index in [1.54, 1.807) is 0 Å². The smallest absolute Gasteiger partial charge is 0.716 e. The van der Waals surface area contributed by atoms with Gasteiger partial charge >= 0.3 is 35.5 Å². The van der Waals surface area contributed by atoms with Crippen LogP contribution in [0.5, 0.6) is 0 Å². The van der Waals surface area contributed by atoms with Gasteiger partial charge in [-0.1, -0.05) is 58.3 Å². The first-order chi connectivity index (χ1) is 11.3. The first kappa shape index (κ1) is 30.0. The van der Waals surface area contributed by atoms with E-state index in [1.165, 1.54) is 32.1 Å². The molecule has 0 aliphatic carbocycles. The first-order valence-corrected chi connectivity index (χ1v) is 9.68. The Bertz CT molecular complexity index is 385. The van der Waals surface area contributed by atoms with Crippen LogP contribution in [-0.4, -0.2) is 53.6 Å². The summed E-state index contributed by atoms with van der Waals surface area (Å²) in [6.45, 7) is 1.45. The van der Waals surface area contributed by atoms with Crippen LogP contribution in [0.15, 0.2) is 0 Å². The molecule has 0 aromatic carbocycles. The van der Waals surface area contributed by atoms with E-state index in [-0.39, 0.29) is 49.2 Å². The Labute approximate surface area is 173 Å². The van der Waals surface area contributed by atoms with Crippen LogP contribution in [0.3, 0.4) is 0 Å². The van der Waals surface area contributed by atoms with Crippen LogP contribution in [-0.2, 0) is 19.4 Å². The van der Waals surface area contributed by atoms with Crippen molar-refractivity contribution in [2.75, 3.05) is 13.2 Å². The zero-order valence-corrected chi connectivity index (χ0v) is 18.2. The maximum atomic E-state index is 10.9. The fourth-order valence-electron chi connectivity index (χ4n) is 1.79. The number of aliphatic hydroxyl groups is 3. The molecule has 0 aromatic rings. The summed E-state index contributed by atoms with van der Waals surface area (Å²) in [5, 5.41) is 24.0. The van der Waals surface area contributed by atoms with Crippen molar-refractivity contribution in [1.82, 2.24) is 0 Å². The maximum absolute atomic E-state index is 10.9. The Morgan fingerprint density at radius 2 is 1.36 bits per heavy atom. The van der Waals surface area contributed by atoms with Gasteiger partial charge in [0.2, 0.25) is 0 Å². The second-order valence-electron chi connectivity index (χ2n) is 5.46. The monoisotopic (exact) mass is 394 g/mol. The Hall–Kier alpha value is 0.260. The van der Waals surface area contributed by atoms with Crippen molar-refractivity contribution in [3.05, 3.63) is 0 Å². The van der Waals surface area contributed by atoms with Gasteiger partial charge < -0.3 is 24.1 Å². The molecule has 8 nitrogen and oxygen atoms in total. The second kappa shape index (κ2) is 20.6. The molecule has 0 spiro atoms. The van der Waals surface area contributed by atoms with Gasteiger partial charge in [-0.2, -0.15) is 0 Å². The van der Waals surface area contributed by atoms with Crippen LogP contribution in [0.1, 0.15) is 71.1 Å². The van der Waals surface area contributed by atoms with Gasteiger partial charge in [-0.3, -0.25) is 4.79 Å². The van der Waals surface area contributed by atoms with Crippen LogP contribution < -0.4 is 29.6 Å². The molecule has 3 N–H and O–H groups in total. The van der Waals surface area contributed by atoms with Crippen LogP contribution in [0.25, 0.3) is 0 Å². The van der Waals surface area contributed by atoms with Crippen molar-refractivity contribution >= 4 is 16.4 Å². The van der Waals surface area contributed by atoms with E-state index in [4.69, 9.17) is 15.3 Å². The van der Waals surface area contributed by atoms with E-state index in [2.05, 4.69) is 11.1 Å². The minimum atomic E-state index is -4.88. The Kier molecular flexibility index (Phi) is 24.7. The molecular formula is C15H31NaO8S. The first-order valence-electron chi connectivity index (χ1n) is 8.34. The fourth-order valence-corrected chi connectivity index (χ4v) is 2.10. The predicted molar refractivity (Wildman–Crippen MR) is 87.8 cm³/mol. The van der Waals surface area contributed by atoms with Crippen molar-refractivity contribution in [3.63, 3.8) is 0 Å². The van der Waals surface area contributed by atoms with E-state index in [0.29, 0.717) is 6.42 Å². The number of rotatable bonds is 13. The van der Waals surface area contributed by atoms with Gasteiger partial charge in [0, 0.05) is 6.42 Å². The molecule has 0 aliphatic rings. The number of carbonyl (C=O) groups is 1. The number of hydrogen-bond acceptors (Lipinski definition) is 8. The normalized spacial score (nSPS) is 10.6. The summed E-state index contributed by atoms with van der Waals surface area (Å²) in [6, 6.07) is 0. The molecule has 0 fully saturated rings. The third kappa shape index (κ3) is 29.3. The zero-order valence-electron chi connectivity index (χ0n) is 15.4. The second-order valence-corrected chi connectivity index (χ2v) is 6.44. The summed E-state index contributed by atoms with van der Waals surface area (Å²) >= 11 is 0. The summed E-state index contributed by atoms with van der Waals surface area (Å²) < 4.78 is 34.0. The number of unbranched alkanes of at least 4 members (excludes halogenated alkanes) is 8. The van der Waals surface area contributed by atoms with E-state index < -0.39 is 22.5 Å². The van der Waals surface area contributed by atoms with Crippen molar-refractivity contribution in [2.24, 2.45) is 0 Å². The van der Waals surface area contributed by atoms with Crippen LogP contribution in [0.4, 0.5) is 0 Å². The summed E-state index contributed by atoms with van der Waals surface area (Å²) in [6.07, 6.45) is 8.92. The molecular weight excluding hydrogens is 363 g/mol. The van der Waals surface area contributed by atoms with Crippen LogP contribution in [0, 0.1) is 0 Å². The summed E-state index contributed by atoms with van der Waals surface area (Å²) in [7, 11) is -4.88. The summed E-state index contributed by atoms with van der Waals surface area (Å²) in [4.78, 5) is 10.9. The van der Waals surface area contributed by atoms with Crippen molar-refractivity contribution < 1.29 is 66.8 Å². The molecule has 0 saturated carbocycles. The molecule has 10 heteroatoms. The average Bonchev–Trinajstić information content (AvgIpc) is 2.51. The number of hydrogen-bond donors (Lipinski definition) is 3. The van der Waals surface area contributed by atoms with Crippen molar-refractivity contribution in [1.29, 1.82) is 0 Å². The van der Waals surface area contributed by atoms with Crippen LogP contribution in [0.2, 0.25) is 0 Å². The molecule has 0 saturated heterocycles. The SMILES string of the molecule is CCCCCCCCCCCC(=O)OS(=O)(=O)[O-].OCC(O)CO.[Na+]. The van der Waals surface area contributed by atoms with Crippen molar-refractivity contribution in [3.8, 4) is 0 Å². The maximum Gasteiger partial charge on any atom is 1.00 e. The molecule has 0 aromatic heterocycles. The Balaban J connectivity index is -0.000000592. The molecule has 25 heavy (non-hydrogen) atoms. The third-order valence-electron chi connectivity index (χ3n) is 3.10. The van der Waals surface area contributed by atoms with Gasteiger partial charge in [0.1, 0.15) is 6.10 Å². The van der Waals surface area contributed by atoms with E-state index in [9.17, 15) is 17.8 Å². The van der Waals surface area contributed by atoms with Gasteiger partial charge in [0.15, 0.2) is 0 Å². The molecule has 0 aliphatic heterocycles. The summed E-state index contributed by atoms with van der Waals surface area (Å²) in [5.74, 6) is -0.951. The largest absolute Gasteiger partial charge is 1.00 e. The van der Waals surface area contributed by atoms with Gasteiger partial charge in [-0.15, -0.1) is 0 Å². The van der Waals surface area contributed by atoms with Crippen LogP contribution >= 0.6 is 0 Å². The van der Waals surface area contributed by atoms with Gasteiger partial charge in [-0.25, -0.2) is 8.42 Å². The average molecular weight is 394 g/mol. The number of carbonyl (C=O) groups excluding carboxylic acids is 1. The van der Waals surface area contributed by atoms with E-state index >= 15 is 0 Å². The van der Waals surface area contributed by atoms with Gasteiger partial charge in [0.25, 0.3) is 10.4 Å². The molecule has 0 radical (unpaired) electrons. The Morgan fingerprint density at radius 1 is 0.960 bits per heavy atom. The third-order valence-corrected chi connectivity index (χ3v) is 3.49. The minimum Gasteiger partial charge on any atom is -0.716 e. The summed E-state index contributed by atoms with van der Waals surface area (Å²) in [5.41, 5.74) is 0.